The van der Waals surface area contributed by atoms with Gasteiger partial charge in [0.25, 0.3) is 5.91 Å². The standard InChI is InChI=1S/C13H15ClFN3O2/c1-18-6-8(2-3-11(18)19)17-13(20)9-4-7(14)5-10(15)12(9)16/h4-5,8H,2-3,6,16H2,1H3,(H,17,20)/t8-/m0/s1. The van der Waals surface area contributed by atoms with Crippen LogP contribution in [0.2, 0.25) is 5.02 Å². The maximum absolute atomic E-state index is 13.4. The zero-order valence-corrected chi connectivity index (χ0v) is 11.7. The van der Waals surface area contributed by atoms with Crippen molar-refractivity contribution in [3.8, 4) is 0 Å². The topological polar surface area (TPSA) is 75.4 Å². The predicted molar refractivity (Wildman–Crippen MR) is 73.9 cm³/mol. The van der Waals surface area contributed by atoms with Gasteiger partial charge >= 0.3 is 0 Å². The van der Waals surface area contributed by atoms with E-state index in [0.29, 0.717) is 19.4 Å². The summed E-state index contributed by atoms with van der Waals surface area (Å²) in [6, 6.07) is 2.21. The van der Waals surface area contributed by atoms with Crippen LogP contribution in [0.3, 0.4) is 0 Å². The Bertz CT molecular complexity index is 565. The third-order valence-corrected chi connectivity index (χ3v) is 3.52. The van der Waals surface area contributed by atoms with Crippen molar-refractivity contribution in [1.82, 2.24) is 10.2 Å². The van der Waals surface area contributed by atoms with Crippen LogP contribution in [0, 0.1) is 5.82 Å². The fourth-order valence-corrected chi connectivity index (χ4v) is 2.37. The van der Waals surface area contributed by atoms with Crippen LogP contribution in [0.15, 0.2) is 12.1 Å². The molecule has 7 heteroatoms. The summed E-state index contributed by atoms with van der Waals surface area (Å²) in [4.78, 5) is 25.0. The Hall–Kier alpha value is -1.82. The molecular weight excluding hydrogens is 285 g/mol. The first-order valence-corrected chi connectivity index (χ1v) is 6.55. The molecule has 0 saturated carbocycles. The van der Waals surface area contributed by atoms with Gasteiger partial charge in [0.2, 0.25) is 5.91 Å². The number of rotatable bonds is 2. The zero-order valence-electron chi connectivity index (χ0n) is 11.0. The van der Waals surface area contributed by atoms with Gasteiger partial charge in [0.05, 0.1) is 11.3 Å². The van der Waals surface area contributed by atoms with Gasteiger partial charge in [-0.3, -0.25) is 9.59 Å². The van der Waals surface area contributed by atoms with Gasteiger partial charge in [0, 0.05) is 31.1 Å². The Labute approximate surface area is 120 Å². The van der Waals surface area contributed by atoms with Gasteiger partial charge in [0.1, 0.15) is 5.82 Å². The largest absolute Gasteiger partial charge is 0.396 e. The lowest BCUT2D eigenvalue weighted by Gasteiger charge is -2.30. The Morgan fingerprint density at radius 1 is 1.55 bits per heavy atom. The number of nitrogens with one attached hydrogen (secondary N) is 1. The maximum atomic E-state index is 13.4. The molecule has 0 aliphatic carbocycles. The Morgan fingerprint density at radius 3 is 2.90 bits per heavy atom. The smallest absolute Gasteiger partial charge is 0.253 e. The third kappa shape index (κ3) is 3.01. The van der Waals surface area contributed by atoms with E-state index in [1.165, 1.54) is 6.07 Å². The van der Waals surface area contributed by atoms with Crippen molar-refractivity contribution in [1.29, 1.82) is 0 Å². The highest BCUT2D eigenvalue weighted by atomic mass is 35.5. The monoisotopic (exact) mass is 299 g/mol. The number of halogens is 2. The van der Waals surface area contributed by atoms with Crippen LogP contribution >= 0.6 is 11.6 Å². The summed E-state index contributed by atoms with van der Waals surface area (Å²) in [6.07, 6.45) is 0.929. The molecule has 0 radical (unpaired) electrons. The summed E-state index contributed by atoms with van der Waals surface area (Å²) < 4.78 is 13.4. The minimum Gasteiger partial charge on any atom is -0.396 e. The number of carbonyl (C=O) groups is 2. The highest BCUT2D eigenvalue weighted by Crippen LogP contribution is 2.22. The van der Waals surface area contributed by atoms with Gasteiger partial charge in [-0.05, 0) is 18.6 Å². The number of carbonyl (C=O) groups excluding carboxylic acids is 2. The first-order chi connectivity index (χ1) is 9.38. The number of nitrogens with zero attached hydrogens (tertiary/aromatic N) is 1. The molecule has 2 rings (SSSR count). The maximum Gasteiger partial charge on any atom is 0.253 e. The first kappa shape index (κ1) is 14.6. The lowest BCUT2D eigenvalue weighted by Crippen LogP contribution is -2.48. The highest BCUT2D eigenvalue weighted by molar-refractivity contribution is 6.31. The number of likely N-dealkylation sites (tertiary alicyclic amines) is 1. The second kappa shape index (κ2) is 5.66. The molecule has 2 amide bonds. The number of amides is 2. The molecule has 3 N–H and O–H groups in total. The van der Waals surface area contributed by atoms with Crippen LogP contribution in [0.25, 0.3) is 0 Å². The molecule has 1 fully saturated rings. The zero-order chi connectivity index (χ0) is 14.9. The first-order valence-electron chi connectivity index (χ1n) is 6.18. The van der Waals surface area contributed by atoms with Gasteiger partial charge in [-0.2, -0.15) is 0 Å². The van der Waals surface area contributed by atoms with Gasteiger partial charge in [-0.1, -0.05) is 11.6 Å². The van der Waals surface area contributed by atoms with Gasteiger partial charge in [-0.25, -0.2) is 4.39 Å². The van der Waals surface area contributed by atoms with E-state index in [-0.39, 0.29) is 28.2 Å². The van der Waals surface area contributed by atoms with Crippen molar-refractivity contribution >= 4 is 29.1 Å². The molecule has 1 aromatic carbocycles. The number of nitrogen functional groups attached to an aromatic ring is 1. The van der Waals surface area contributed by atoms with E-state index in [1.807, 2.05) is 0 Å². The quantitative estimate of drug-likeness (QED) is 0.811. The fourth-order valence-electron chi connectivity index (χ4n) is 2.17. The van der Waals surface area contributed by atoms with Crippen molar-refractivity contribution in [2.45, 2.75) is 18.9 Å². The van der Waals surface area contributed by atoms with Gasteiger partial charge < -0.3 is 16.0 Å². The Balaban J connectivity index is 2.11. The van der Waals surface area contributed by atoms with E-state index in [0.717, 1.165) is 6.07 Å². The fraction of sp³-hybridized carbons (Fsp3) is 0.385. The number of hydrogen-bond donors (Lipinski definition) is 2. The lowest BCUT2D eigenvalue weighted by atomic mass is 10.0. The number of likely N-dealkylation sites (N-methyl/N-ethyl adjacent to an activating group) is 1. The SMILES string of the molecule is CN1C[C@@H](NC(=O)c2cc(Cl)cc(F)c2N)CCC1=O. The van der Waals surface area contributed by atoms with Crippen molar-refractivity contribution in [3.63, 3.8) is 0 Å². The molecule has 1 aromatic rings. The van der Waals surface area contributed by atoms with Crippen molar-refractivity contribution in [2.24, 2.45) is 0 Å². The average molecular weight is 300 g/mol. The molecule has 0 spiro atoms. The second-order valence-electron chi connectivity index (χ2n) is 4.83. The van der Waals surface area contributed by atoms with E-state index < -0.39 is 11.7 Å². The van der Waals surface area contributed by atoms with E-state index in [1.54, 1.807) is 11.9 Å². The number of nitrogens with two attached hydrogens (primary N) is 1. The van der Waals surface area contributed by atoms with E-state index in [4.69, 9.17) is 17.3 Å². The molecule has 1 atom stereocenters. The average Bonchev–Trinajstić information content (AvgIpc) is 2.38. The lowest BCUT2D eigenvalue weighted by molar-refractivity contribution is -0.132. The summed E-state index contributed by atoms with van der Waals surface area (Å²) in [6.45, 7) is 0.424. The molecule has 1 aliphatic heterocycles. The summed E-state index contributed by atoms with van der Waals surface area (Å²) in [5, 5.41) is 2.85. The van der Waals surface area contributed by atoms with Crippen LogP contribution in [-0.4, -0.2) is 36.3 Å². The summed E-state index contributed by atoms with van der Waals surface area (Å²) >= 11 is 5.72. The molecule has 1 saturated heterocycles. The van der Waals surface area contributed by atoms with E-state index in [2.05, 4.69) is 5.32 Å². The molecule has 20 heavy (non-hydrogen) atoms. The van der Waals surface area contributed by atoms with Crippen LogP contribution in [0.1, 0.15) is 23.2 Å². The third-order valence-electron chi connectivity index (χ3n) is 3.30. The number of piperidine rings is 1. The molecule has 108 valence electrons. The van der Waals surface area contributed by atoms with E-state index in [9.17, 15) is 14.0 Å². The molecular formula is C13H15ClFN3O2. The van der Waals surface area contributed by atoms with Crippen LogP contribution < -0.4 is 11.1 Å². The number of hydrogen-bond acceptors (Lipinski definition) is 3. The summed E-state index contributed by atoms with van der Waals surface area (Å²) in [5.74, 6) is -1.17. The highest BCUT2D eigenvalue weighted by Gasteiger charge is 2.25. The number of anilines is 1. The number of benzene rings is 1. The summed E-state index contributed by atoms with van der Waals surface area (Å²) in [7, 11) is 1.67. The van der Waals surface area contributed by atoms with Crippen molar-refractivity contribution < 1.29 is 14.0 Å². The van der Waals surface area contributed by atoms with Crippen LogP contribution in [-0.2, 0) is 4.79 Å². The van der Waals surface area contributed by atoms with Gasteiger partial charge in [-0.15, -0.1) is 0 Å². The van der Waals surface area contributed by atoms with Crippen LogP contribution in [0.5, 0.6) is 0 Å². The van der Waals surface area contributed by atoms with Crippen molar-refractivity contribution in [3.05, 3.63) is 28.5 Å². The molecule has 0 bridgehead atoms. The molecule has 1 heterocycles. The Morgan fingerprint density at radius 2 is 2.25 bits per heavy atom. The van der Waals surface area contributed by atoms with Crippen LogP contribution in [0.4, 0.5) is 10.1 Å². The van der Waals surface area contributed by atoms with Gasteiger partial charge in [0.15, 0.2) is 0 Å². The van der Waals surface area contributed by atoms with Crippen molar-refractivity contribution in [2.75, 3.05) is 19.3 Å². The second-order valence-corrected chi connectivity index (χ2v) is 5.27. The van der Waals surface area contributed by atoms with E-state index >= 15 is 0 Å². The summed E-state index contributed by atoms with van der Waals surface area (Å²) in [5.41, 5.74) is 5.33. The Kier molecular flexibility index (Phi) is 4.13. The predicted octanol–water partition coefficient (Wildman–Crippen LogP) is 1.41. The molecule has 5 nitrogen and oxygen atoms in total. The molecule has 0 aromatic heterocycles. The normalized spacial score (nSPS) is 19.1. The molecule has 0 unspecified atom stereocenters. The minimum absolute atomic E-state index is 0.00885. The minimum atomic E-state index is -0.724. The molecule has 1 aliphatic rings.